The van der Waals surface area contributed by atoms with E-state index in [0.717, 1.165) is 10.0 Å². The minimum atomic E-state index is -0.0940. The fourth-order valence-corrected chi connectivity index (χ4v) is 1.99. The van der Waals surface area contributed by atoms with Crippen LogP contribution in [0.15, 0.2) is 59.1 Å². The maximum absolute atomic E-state index is 11.9. The lowest BCUT2D eigenvalue weighted by atomic mass is 10.1. The summed E-state index contributed by atoms with van der Waals surface area (Å²) in [4.78, 5) is 11.9. The molecule has 0 atom stereocenters. The number of carbonyl (C=O) groups excluding carboxylic acids is 1. The highest BCUT2D eigenvalue weighted by molar-refractivity contribution is 9.10. The molecule has 1 nitrogen and oxygen atoms in total. The Morgan fingerprint density at radius 2 is 1.72 bits per heavy atom. The van der Waals surface area contributed by atoms with Gasteiger partial charge in [0.15, 0.2) is 5.78 Å². The third-order valence-electron chi connectivity index (χ3n) is 2.44. The normalized spacial score (nSPS) is 10.8. The van der Waals surface area contributed by atoms with Crippen molar-refractivity contribution in [2.45, 2.75) is 0 Å². The van der Waals surface area contributed by atoms with Gasteiger partial charge in [-0.3, -0.25) is 4.79 Å². The molecule has 0 spiro atoms. The molecule has 2 rings (SSSR count). The number of hydrogen-bond donors (Lipinski definition) is 0. The number of allylic oxidation sites excluding steroid dienone is 1. The smallest absolute Gasteiger partial charge is 0.187 e. The lowest BCUT2D eigenvalue weighted by Crippen LogP contribution is -1.94. The zero-order valence-electron chi connectivity index (χ0n) is 9.44. The minimum absolute atomic E-state index is 0.0940. The van der Waals surface area contributed by atoms with Crippen LogP contribution in [0.2, 0.25) is 5.02 Å². The van der Waals surface area contributed by atoms with Gasteiger partial charge in [-0.2, -0.15) is 0 Å². The standard InChI is InChI=1S/C15H10BrClO/c16-12-8-5-11(6-9-12)7-10-15(18)13-3-1-2-4-14(13)17/h1-10H. The molecule has 0 bridgehead atoms. The molecular weight excluding hydrogens is 312 g/mol. The molecule has 0 aliphatic rings. The van der Waals surface area contributed by atoms with Crippen molar-refractivity contribution < 1.29 is 4.79 Å². The van der Waals surface area contributed by atoms with Gasteiger partial charge in [0.2, 0.25) is 0 Å². The van der Waals surface area contributed by atoms with Crippen LogP contribution < -0.4 is 0 Å². The highest BCUT2D eigenvalue weighted by Crippen LogP contribution is 2.17. The average molecular weight is 322 g/mol. The first-order valence-electron chi connectivity index (χ1n) is 5.39. The van der Waals surface area contributed by atoms with E-state index < -0.39 is 0 Å². The van der Waals surface area contributed by atoms with E-state index in [1.165, 1.54) is 6.08 Å². The van der Waals surface area contributed by atoms with Gasteiger partial charge in [0.05, 0.1) is 5.02 Å². The third-order valence-corrected chi connectivity index (χ3v) is 3.29. The molecule has 0 aromatic heterocycles. The highest BCUT2D eigenvalue weighted by atomic mass is 79.9. The van der Waals surface area contributed by atoms with Crippen molar-refractivity contribution in [3.05, 3.63) is 75.2 Å². The van der Waals surface area contributed by atoms with Gasteiger partial charge in [-0.05, 0) is 35.9 Å². The molecule has 18 heavy (non-hydrogen) atoms. The Bertz CT molecular complexity index is 588. The Hall–Kier alpha value is -1.38. The van der Waals surface area contributed by atoms with Crippen LogP contribution >= 0.6 is 27.5 Å². The van der Waals surface area contributed by atoms with Crippen molar-refractivity contribution in [2.75, 3.05) is 0 Å². The van der Waals surface area contributed by atoms with E-state index in [9.17, 15) is 4.79 Å². The summed E-state index contributed by atoms with van der Waals surface area (Å²) in [5.41, 5.74) is 1.49. The van der Waals surface area contributed by atoms with Crippen LogP contribution in [0.1, 0.15) is 15.9 Å². The molecule has 3 heteroatoms. The van der Waals surface area contributed by atoms with E-state index >= 15 is 0 Å². The van der Waals surface area contributed by atoms with Crippen molar-refractivity contribution in [1.82, 2.24) is 0 Å². The van der Waals surface area contributed by atoms with Gasteiger partial charge in [0.1, 0.15) is 0 Å². The Kier molecular flexibility index (Phi) is 4.34. The molecule has 0 aliphatic heterocycles. The summed E-state index contributed by atoms with van der Waals surface area (Å²) in [6.45, 7) is 0. The monoisotopic (exact) mass is 320 g/mol. The van der Waals surface area contributed by atoms with Gasteiger partial charge in [0, 0.05) is 10.0 Å². The topological polar surface area (TPSA) is 17.1 Å². The van der Waals surface area contributed by atoms with Crippen molar-refractivity contribution in [1.29, 1.82) is 0 Å². The second-order valence-electron chi connectivity index (χ2n) is 3.73. The van der Waals surface area contributed by atoms with E-state index in [1.807, 2.05) is 24.3 Å². The molecular formula is C15H10BrClO. The summed E-state index contributed by atoms with van der Waals surface area (Å²) in [6, 6.07) is 14.8. The van der Waals surface area contributed by atoms with Crippen molar-refractivity contribution in [3.8, 4) is 0 Å². The zero-order valence-corrected chi connectivity index (χ0v) is 11.8. The predicted molar refractivity (Wildman–Crippen MR) is 79.0 cm³/mol. The molecule has 0 N–H and O–H groups in total. The summed E-state index contributed by atoms with van der Waals surface area (Å²) in [6.07, 6.45) is 3.31. The molecule has 0 heterocycles. The number of carbonyl (C=O) groups is 1. The third kappa shape index (κ3) is 3.31. The SMILES string of the molecule is O=C(C=Cc1ccc(Br)cc1)c1ccccc1Cl. The molecule has 0 fully saturated rings. The van der Waals surface area contributed by atoms with Crippen LogP contribution in [-0.4, -0.2) is 5.78 Å². The quantitative estimate of drug-likeness (QED) is 0.574. The Balaban J connectivity index is 2.17. The van der Waals surface area contributed by atoms with Crippen molar-refractivity contribution in [2.24, 2.45) is 0 Å². The number of benzene rings is 2. The van der Waals surface area contributed by atoms with E-state index in [1.54, 1.807) is 30.3 Å². The van der Waals surface area contributed by atoms with Crippen molar-refractivity contribution >= 4 is 39.4 Å². The number of halogens is 2. The fourth-order valence-electron chi connectivity index (χ4n) is 1.50. The van der Waals surface area contributed by atoms with Gasteiger partial charge in [-0.15, -0.1) is 0 Å². The van der Waals surface area contributed by atoms with Crippen LogP contribution in [-0.2, 0) is 0 Å². The van der Waals surface area contributed by atoms with Gasteiger partial charge in [-0.25, -0.2) is 0 Å². The van der Waals surface area contributed by atoms with Gasteiger partial charge in [0.25, 0.3) is 0 Å². The van der Waals surface area contributed by atoms with E-state index in [-0.39, 0.29) is 5.78 Å². The Morgan fingerprint density at radius 3 is 2.39 bits per heavy atom. The van der Waals surface area contributed by atoms with Crippen LogP contribution in [0.5, 0.6) is 0 Å². The van der Waals surface area contributed by atoms with E-state index in [2.05, 4.69) is 15.9 Å². The average Bonchev–Trinajstić information content (AvgIpc) is 2.38. The van der Waals surface area contributed by atoms with Crippen molar-refractivity contribution in [3.63, 3.8) is 0 Å². The van der Waals surface area contributed by atoms with Gasteiger partial charge < -0.3 is 0 Å². The van der Waals surface area contributed by atoms with Crippen LogP contribution in [0, 0.1) is 0 Å². The molecule has 0 radical (unpaired) electrons. The number of hydrogen-bond acceptors (Lipinski definition) is 1. The second kappa shape index (κ2) is 5.98. The number of rotatable bonds is 3. The van der Waals surface area contributed by atoms with Crippen LogP contribution in [0.25, 0.3) is 6.08 Å². The van der Waals surface area contributed by atoms with Crippen LogP contribution in [0.3, 0.4) is 0 Å². The highest BCUT2D eigenvalue weighted by Gasteiger charge is 2.05. The predicted octanol–water partition coefficient (Wildman–Crippen LogP) is 5.00. The molecule has 0 unspecified atom stereocenters. The lowest BCUT2D eigenvalue weighted by Gasteiger charge is -1.98. The summed E-state index contributed by atoms with van der Waals surface area (Å²) >= 11 is 9.32. The van der Waals surface area contributed by atoms with Gasteiger partial charge in [-0.1, -0.05) is 57.9 Å². The summed E-state index contributed by atoms with van der Waals surface area (Å²) in [5, 5.41) is 0.475. The Morgan fingerprint density at radius 1 is 1.06 bits per heavy atom. The van der Waals surface area contributed by atoms with E-state index in [4.69, 9.17) is 11.6 Å². The molecule has 0 amide bonds. The molecule has 2 aromatic carbocycles. The first-order chi connectivity index (χ1) is 8.66. The maximum atomic E-state index is 11.9. The van der Waals surface area contributed by atoms with Gasteiger partial charge >= 0.3 is 0 Å². The number of ketones is 1. The summed E-state index contributed by atoms with van der Waals surface area (Å²) in [5.74, 6) is -0.0940. The minimum Gasteiger partial charge on any atom is -0.289 e. The first-order valence-corrected chi connectivity index (χ1v) is 6.56. The second-order valence-corrected chi connectivity index (χ2v) is 5.05. The lowest BCUT2D eigenvalue weighted by molar-refractivity contribution is 0.104. The molecule has 2 aromatic rings. The molecule has 0 aliphatic carbocycles. The van der Waals surface area contributed by atoms with E-state index in [0.29, 0.717) is 10.6 Å². The summed E-state index contributed by atoms with van der Waals surface area (Å²) in [7, 11) is 0. The summed E-state index contributed by atoms with van der Waals surface area (Å²) < 4.78 is 1.01. The zero-order chi connectivity index (χ0) is 13.0. The molecule has 0 saturated heterocycles. The largest absolute Gasteiger partial charge is 0.289 e. The molecule has 0 saturated carbocycles. The maximum Gasteiger partial charge on any atom is 0.187 e. The first kappa shape index (κ1) is 13.1. The van der Waals surface area contributed by atoms with Crippen LogP contribution in [0.4, 0.5) is 0 Å². The molecule has 90 valence electrons. The fraction of sp³-hybridized carbons (Fsp3) is 0. The Labute approximate surface area is 119 Å².